The first-order chi connectivity index (χ1) is 12.8. The van der Waals surface area contributed by atoms with Crippen LogP contribution in [-0.4, -0.2) is 41.5 Å². The summed E-state index contributed by atoms with van der Waals surface area (Å²) in [6.07, 6.45) is 23.1. The molecule has 0 bridgehead atoms. The van der Waals surface area contributed by atoms with Crippen LogP contribution in [-0.2, 0) is 0 Å². The van der Waals surface area contributed by atoms with E-state index in [1.54, 1.807) is 5.84 Å². The molecule has 0 spiro atoms. The second-order valence-electron chi connectivity index (χ2n) is 8.28. The number of hydrogen-bond acceptors (Lipinski definition) is 1. The summed E-state index contributed by atoms with van der Waals surface area (Å²) in [5.74, 6) is 1.63. The van der Waals surface area contributed by atoms with Crippen molar-refractivity contribution in [3.05, 3.63) is 0 Å². The minimum absolute atomic E-state index is 1.19. The summed E-state index contributed by atoms with van der Waals surface area (Å²) in [6.45, 7) is 11.8. The smallest absolute Gasteiger partial charge is 0.247 e. The van der Waals surface area contributed by atoms with Gasteiger partial charge in [-0.2, -0.15) is 0 Å². The zero-order valence-electron chi connectivity index (χ0n) is 18.5. The molecule has 2 nitrogen and oxygen atoms in total. The van der Waals surface area contributed by atoms with E-state index in [1.165, 1.54) is 129 Å². The minimum Gasteiger partial charge on any atom is -0.262 e. The van der Waals surface area contributed by atoms with E-state index < -0.39 is 0 Å². The van der Waals surface area contributed by atoms with Crippen LogP contribution >= 0.6 is 0 Å². The van der Waals surface area contributed by atoms with Gasteiger partial charge in [0.15, 0.2) is 0 Å². The van der Waals surface area contributed by atoms with Gasteiger partial charge in [-0.05, 0) is 20.3 Å². The maximum Gasteiger partial charge on any atom is 0.247 e. The van der Waals surface area contributed by atoms with Gasteiger partial charge in [0.2, 0.25) is 5.84 Å². The summed E-state index contributed by atoms with van der Waals surface area (Å²) in [4.78, 5) is 2.59. The second kappa shape index (κ2) is 16.6. The van der Waals surface area contributed by atoms with E-state index in [-0.39, 0.29) is 0 Å². The molecular weight excluding hydrogens is 316 g/mol. The van der Waals surface area contributed by atoms with E-state index in [2.05, 4.69) is 30.2 Å². The Kier molecular flexibility index (Phi) is 15.0. The zero-order valence-corrected chi connectivity index (χ0v) is 18.5. The highest BCUT2D eigenvalue weighted by Gasteiger charge is 2.27. The van der Waals surface area contributed by atoms with E-state index in [0.29, 0.717) is 0 Å². The molecule has 0 amide bonds. The van der Waals surface area contributed by atoms with E-state index in [0.717, 1.165) is 0 Å². The Morgan fingerprint density at radius 1 is 0.654 bits per heavy atom. The van der Waals surface area contributed by atoms with Crippen molar-refractivity contribution < 1.29 is 4.58 Å². The number of amidine groups is 1. The molecule has 1 heterocycles. The van der Waals surface area contributed by atoms with E-state index in [9.17, 15) is 0 Å². The van der Waals surface area contributed by atoms with Gasteiger partial charge in [0.25, 0.3) is 0 Å². The minimum atomic E-state index is 1.19. The number of nitrogens with zero attached hydrogens (tertiary/aromatic N) is 2. The molecule has 26 heavy (non-hydrogen) atoms. The Morgan fingerprint density at radius 2 is 1.12 bits per heavy atom. The van der Waals surface area contributed by atoms with Gasteiger partial charge in [-0.25, -0.2) is 0 Å². The first-order valence-corrected chi connectivity index (χ1v) is 12.2. The van der Waals surface area contributed by atoms with Crippen LogP contribution < -0.4 is 0 Å². The molecule has 1 aliphatic heterocycles. The summed E-state index contributed by atoms with van der Waals surface area (Å²) >= 11 is 0. The summed E-state index contributed by atoms with van der Waals surface area (Å²) in [5.41, 5.74) is 0. The summed E-state index contributed by atoms with van der Waals surface area (Å²) < 4.78 is 2.59. The van der Waals surface area contributed by atoms with E-state index in [4.69, 9.17) is 0 Å². The number of likely N-dealkylation sites (N-methyl/N-ethyl adjacent to an activating group) is 2. The molecule has 0 aliphatic carbocycles. The van der Waals surface area contributed by atoms with E-state index in [1.807, 2.05) is 0 Å². The molecule has 0 aromatic rings. The highest BCUT2D eigenvalue weighted by atomic mass is 15.3. The number of rotatable bonds is 18. The average Bonchev–Trinajstić information content (AvgIpc) is 3.06. The van der Waals surface area contributed by atoms with Crippen molar-refractivity contribution in [2.45, 2.75) is 124 Å². The third kappa shape index (κ3) is 10.6. The molecule has 0 N–H and O–H groups in total. The standard InChI is InChI=1S/C24H49N2/c1-4-7-8-9-10-11-12-13-14-15-16-17-18-19-20-21-24-25(5-2)22-23-26(24)6-3/h4-23H2,1-3H3/q+1. The van der Waals surface area contributed by atoms with Crippen LogP contribution in [0, 0.1) is 0 Å². The highest BCUT2D eigenvalue weighted by molar-refractivity contribution is 5.78. The molecule has 154 valence electrons. The van der Waals surface area contributed by atoms with Gasteiger partial charge < -0.3 is 0 Å². The van der Waals surface area contributed by atoms with Crippen LogP contribution in [0.2, 0.25) is 0 Å². The quantitative estimate of drug-likeness (QED) is 0.187. The van der Waals surface area contributed by atoms with Crippen LogP contribution in [0.15, 0.2) is 0 Å². The van der Waals surface area contributed by atoms with Gasteiger partial charge in [-0.3, -0.25) is 9.48 Å². The fraction of sp³-hybridized carbons (Fsp3) is 0.958. The van der Waals surface area contributed by atoms with Crippen molar-refractivity contribution in [1.82, 2.24) is 4.90 Å². The van der Waals surface area contributed by atoms with Crippen LogP contribution in [0.1, 0.15) is 124 Å². The molecule has 0 unspecified atom stereocenters. The van der Waals surface area contributed by atoms with Crippen molar-refractivity contribution >= 4 is 5.84 Å². The van der Waals surface area contributed by atoms with Gasteiger partial charge in [-0.1, -0.05) is 96.8 Å². The predicted octanol–water partition coefficient (Wildman–Crippen LogP) is 7.01. The topological polar surface area (TPSA) is 6.25 Å². The lowest BCUT2D eigenvalue weighted by Gasteiger charge is -2.11. The lowest BCUT2D eigenvalue weighted by atomic mass is 10.0. The number of unbranched alkanes of at least 4 members (excludes halogenated alkanes) is 14. The summed E-state index contributed by atoms with van der Waals surface area (Å²) in [7, 11) is 0. The Balaban J connectivity index is 1.85. The van der Waals surface area contributed by atoms with E-state index >= 15 is 0 Å². The van der Waals surface area contributed by atoms with Gasteiger partial charge in [0, 0.05) is 6.42 Å². The van der Waals surface area contributed by atoms with Crippen molar-refractivity contribution in [3.8, 4) is 0 Å². The van der Waals surface area contributed by atoms with Crippen LogP contribution in [0.4, 0.5) is 0 Å². The first kappa shape index (κ1) is 23.5. The molecule has 0 fully saturated rings. The van der Waals surface area contributed by atoms with Crippen molar-refractivity contribution in [2.24, 2.45) is 0 Å². The first-order valence-electron chi connectivity index (χ1n) is 12.2. The second-order valence-corrected chi connectivity index (χ2v) is 8.28. The van der Waals surface area contributed by atoms with Gasteiger partial charge in [0.1, 0.15) is 13.1 Å². The van der Waals surface area contributed by atoms with Gasteiger partial charge in [-0.15, -0.1) is 0 Å². The number of hydrogen-bond donors (Lipinski definition) is 0. The molecule has 0 radical (unpaired) electrons. The van der Waals surface area contributed by atoms with Crippen LogP contribution in [0.5, 0.6) is 0 Å². The Bertz CT molecular complexity index is 348. The molecule has 2 heteroatoms. The molecule has 0 aromatic carbocycles. The lowest BCUT2D eigenvalue weighted by molar-refractivity contribution is -0.515. The molecular formula is C24H49N2+. The van der Waals surface area contributed by atoms with Gasteiger partial charge >= 0.3 is 0 Å². The molecule has 0 aromatic heterocycles. The Morgan fingerprint density at radius 3 is 1.54 bits per heavy atom. The third-order valence-electron chi connectivity index (χ3n) is 6.14. The molecule has 1 rings (SSSR count). The molecule has 1 aliphatic rings. The third-order valence-corrected chi connectivity index (χ3v) is 6.14. The molecule has 0 atom stereocenters. The van der Waals surface area contributed by atoms with Crippen LogP contribution in [0.25, 0.3) is 0 Å². The molecule has 0 saturated carbocycles. The summed E-state index contributed by atoms with van der Waals surface area (Å²) in [6, 6.07) is 0. The lowest BCUT2D eigenvalue weighted by Crippen LogP contribution is -2.29. The van der Waals surface area contributed by atoms with Crippen molar-refractivity contribution in [1.29, 1.82) is 0 Å². The highest BCUT2D eigenvalue weighted by Crippen LogP contribution is 2.15. The van der Waals surface area contributed by atoms with Crippen molar-refractivity contribution in [2.75, 3.05) is 26.2 Å². The fourth-order valence-corrected chi connectivity index (χ4v) is 4.35. The van der Waals surface area contributed by atoms with Gasteiger partial charge in [0.05, 0.1) is 13.1 Å². The fourth-order valence-electron chi connectivity index (χ4n) is 4.35. The van der Waals surface area contributed by atoms with Crippen LogP contribution in [0.3, 0.4) is 0 Å². The SMILES string of the molecule is CCCCCCCCCCCCCCCCCC1=[N+](CC)CCN1CC. The summed E-state index contributed by atoms with van der Waals surface area (Å²) in [5, 5.41) is 0. The maximum absolute atomic E-state index is 2.59. The largest absolute Gasteiger partial charge is 0.262 e. The Labute approximate surface area is 165 Å². The van der Waals surface area contributed by atoms with Crippen molar-refractivity contribution in [3.63, 3.8) is 0 Å². The zero-order chi connectivity index (χ0) is 18.9. The predicted molar refractivity (Wildman–Crippen MR) is 117 cm³/mol. The molecule has 0 saturated heterocycles. The Hall–Kier alpha value is -0.530. The average molecular weight is 366 g/mol. The monoisotopic (exact) mass is 365 g/mol. The maximum atomic E-state index is 2.59. The normalized spacial score (nSPS) is 14.7.